The quantitative estimate of drug-likeness (QED) is 0.475. The number of benzene rings is 2. The Bertz CT molecular complexity index is 893. The lowest BCUT2D eigenvalue weighted by Crippen LogP contribution is -2.04. The first-order valence-electron chi connectivity index (χ1n) is 7.12. The van der Waals surface area contributed by atoms with Gasteiger partial charge in [-0.05, 0) is 42.0 Å². The topological polar surface area (TPSA) is 59.3 Å². The normalized spacial score (nSPS) is 13.4. The number of nitriles is 1. The lowest BCUT2D eigenvalue weighted by molar-refractivity contribution is -0.137. The SMILES string of the molecule is N#C/C(=C\c1ccc(C(F)(F)F)cc1)C(=O)c1ccc2c(c1)OCO2. The van der Waals surface area contributed by atoms with E-state index < -0.39 is 17.5 Å². The molecule has 3 rings (SSSR count). The number of ketones is 1. The number of rotatable bonds is 3. The van der Waals surface area contributed by atoms with Crippen LogP contribution in [0.3, 0.4) is 0 Å². The summed E-state index contributed by atoms with van der Waals surface area (Å²) in [5.41, 5.74) is -0.452. The molecule has 1 aliphatic heterocycles. The molecule has 0 fully saturated rings. The zero-order chi connectivity index (χ0) is 18.0. The third-order valence-electron chi connectivity index (χ3n) is 3.55. The molecule has 25 heavy (non-hydrogen) atoms. The monoisotopic (exact) mass is 345 g/mol. The van der Waals surface area contributed by atoms with E-state index in [1.165, 1.54) is 30.3 Å². The van der Waals surface area contributed by atoms with Crippen molar-refractivity contribution >= 4 is 11.9 Å². The largest absolute Gasteiger partial charge is 0.454 e. The molecule has 0 saturated heterocycles. The molecule has 1 aliphatic rings. The number of carbonyl (C=O) groups is 1. The van der Waals surface area contributed by atoms with Crippen molar-refractivity contribution < 1.29 is 27.4 Å². The second kappa shape index (κ2) is 6.32. The highest BCUT2D eigenvalue weighted by atomic mass is 19.4. The van der Waals surface area contributed by atoms with Crippen LogP contribution in [-0.2, 0) is 6.18 Å². The summed E-state index contributed by atoms with van der Waals surface area (Å²) in [6, 6.07) is 10.5. The van der Waals surface area contributed by atoms with Crippen LogP contribution < -0.4 is 9.47 Å². The lowest BCUT2D eigenvalue weighted by atomic mass is 10.0. The number of hydrogen-bond donors (Lipinski definition) is 0. The number of hydrogen-bond acceptors (Lipinski definition) is 4. The Labute approximate surface area is 140 Å². The van der Waals surface area contributed by atoms with E-state index in [1.807, 2.05) is 0 Å². The number of carbonyl (C=O) groups excluding carboxylic acids is 1. The first-order valence-corrected chi connectivity index (χ1v) is 7.12. The standard InChI is InChI=1S/C18H10F3NO3/c19-18(20,21)14-4-1-11(2-5-14)7-13(9-22)17(23)12-3-6-15-16(8-12)25-10-24-15/h1-8H,10H2/b13-7+. The van der Waals surface area contributed by atoms with Crippen molar-refractivity contribution in [1.29, 1.82) is 5.26 Å². The fourth-order valence-corrected chi connectivity index (χ4v) is 2.28. The highest BCUT2D eigenvalue weighted by molar-refractivity contribution is 6.14. The predicted molar refractivity (Wildman–Crippen MR) is 81.9 cm³/mol. The Morgan fingerprint density at radius 2 is 1.76 bits per heavy atom. The van der Waals surface area contributed by atoms with Gasteiger partial charge in [0.1, 0.15) is 11.6 Å². The molecule has 0 aliphatic carbocycles. The van der Waals surface area contributed by atoms with Gasteiger partial charge in [-0.25, -0.2) is 0 Å². The number of halogens is 3. The fraction of sp³-hybridized carbons (Fsp3) is 0.111. The van der Waals surface area contributed by atoms with Crippen molar-refractivity contribution in [3.8, 4) is 17.6 Å². The molecular formula is C18H10F3NO3. The first kappa shape index (κ1) is 16.6. The van der Waals surface area contributed by atoms with Gasteiger partial charge < -0.3 is 9.47 Å². The lowest BCUT2D eigenvalue weighted by Gasteiger charge is -2.06. The number of allylic oxidation sites excluding steroid dienone is 1. The van der Waals surface area contributed by atoms with E-state index in [0.717, 1.165) is 12.1 Å². The van der Waals surface area contributed by atoms with Crippen molar-refractivity contribution in [3.05, 3.63) is 64.7 Å². The van der Waals surface area contributed by atoms with Crippen molar-refractivity contribution in [2.45, 2.75) is 6.18 Å². The van der Waals surface area contributed by atoms with E-state index in [2.05, 4.69) is 0 Å². The molecule has 0 saturated carbocycles. The maximum absolute atomic E-state index is 12.6. The van der Waals surface area contributed by atoms with Crippen LogP contribution in [0.25, 0.3) is 6.08 Å². The molecule has 0 aromatic heterocycles. The molecule has 0 bridgehead atoms. The molecular weight excluding hydrogens is 335 g/mol. The van der Waals surface area contributed by atoms with Gasteiger partial charge in [-0.2, -0.15) is 18.4 Å². The average molecular weight is 345 g/mol. The summed E-state index contributed by atoms with van der Waals surface area (Å²) in [6.07, 6.45) is -3.20. The van der Waals surface area contributed by atoms with Crippen molar-refractivity contribution in [2.24, 2.45) is 0 Å². The van der Waals surface area contributed by atoms with E-state index >= 15 is 0 Å². The zero-order valence-corrected chi connectivity index (χ0v) is 12.6. The smallest absolute Gasteiger partial charge is 0.416 e. The van der Waals surface area contributed by atoms with E-state index in [1.54, 1.807) is 12.1 Å². The van der Waals surface area contributed by atoms with Crippen LogP contribution in [-0.4, -0.2) is 12.6 Å². The van der Waals surface area contributed by atoms with E-state index in [4.69, 9.17) is 9.47 Å². The van der Waals surface area contributed by atoms with E-state index in [9.17, 15) is 23.2 Å². The second-order valence-electron chi connectivity index (χ2n) is 5.19. The highest BCUT2D eigenvalue weighted by Crippen LogP contribution is 2.33. The molecule has 0 atom stereocenters. The minimum atomic E-state index is -4.44. The fourth-order valence-electron chi connectivity index (χ4n) is 2.28. The second-order valence-corrected chi connectivity index (χ2v) is 5.19. The Hall–Kier alpha value is -3.27. The van der Waals surface area contributed by atoms with E-state index in [-0.39, 0.29) is 17.9 Å². The van der Waals surface area contributed by atoms with Crippen LogP contribution >= 0.6 is 0 Å². The maximum atomic E-state index is 12.6. The minimum Gasteiger partial charge on any atom is -0.454 e. The third-order valence-corrected chi connectivity index (χ3v) is 3.55. The predicted octanol–water partition coefficient (Wildman–Crippen LogP) is 4.22. The molecule has 0 spiro atoms. The van der Waals surface area contributed by atoms with Crippen molar-refractivity contribution in [3.63, 3.8) is 0 Å². The maximum Gasteiger partial charge on any atom is 0.416 e. The average Bonchev–Trinajstić information content (AvgIpc) is 3.06. The summed E-state index contributed by atoms with van der Waals surface area (Å²) in [5, 5.41) is 9.22. The van der Waals surface area contributed by atoms with Gasteiger partial charge in [0.2, 0.25) is 12.6 Å². The minimum absolute atomic E-state index is 0.0550. The Balaban J connectivity index is 1.88. The van der Waals surface area contributed by atoms with Gasteiger partial charge in [-0.15, -0.1) is 0 Å². The number of fused-ring (bicyclic) bond motifs is 1. The zero-order valence-electron chi connectivity index (χ0n) is 12.6. The molecule has 2 aromatic rings. The third kappa shape index (κ3) is 3.48. The number of nitrogens with zero attached hydrogens (tertiary/aromatic N) is 1. The molecule has 0 radical (unpaired) electrons. The molecule has 2 aromatic carbocycles. The first-order chi connectivity index (χ1) is 11.9. The molecule has 0 N–H and O–H groups in total. The summed E-state index contributed by atoms with van der Waals surface area (Å²) < 4.78 is 48.0. The van der Waals surface area contributed by atoms with Gasteiger partial charge in [0, 0.05) is 5.56 Å². The summed E-state index contributed by atoms with van der Waals surface area (Å²) in [6.45, 7) is 0.0550. The van der Waals surface area contributed by atoms with Crippen LogP contribution in [0.5, 0.6) is 11.5 Å². The molecule has 0 unspecified atom stereocenters. The van der Waals surface area contributed by atoms with Crippen LogP contribution in [0.1, 0.15) is 21.5 Å². The number of alkyl halides is 3. The Kier molecular flexibility index (Phi) is 4.19. The molecule has 1 heterocycles. The van der Waals surface area contributed by atoms with Gasteiger partial charge in [0.05, 0.1) is 5.56 Å². The highest BCUT2D eigenvalue weighted by Gasteiger charge is 2.29. The van der Waals surface area contributed by atoms with Gasteiger partial charge in [0.15, 0.2) is 11.5 Å². The summed E-state index contributed by atoms with van der Waals surface area (Å²) in [5.74, 6) is 0.347. The number of ether oxygens (including phenoxy) is 2. The van der Waals surface area contributed by atoms with E-state index in [0.29, 0.717) is 17.1 Å². The van der Waals surface area contributed by atoms with Gasteiger partial charge in [0.25, 0.3) is 0 Å². The van der Waals surface area contributed by atoms with Crippen molar-refractivity contribution in [1.82, 2.24) is 0 Å². The van der Waals surface area contributed by atoms with Crippen molar-refractivity contribution in [2.75, 3.05) is 6.79 Å². The van der Waals surface area contributed by atoms with Crippen LogP contribution in [0.15, 0.2) is 48.0 Å². The Morgan fingerprint density at radius 1 is 1.08 bits per heavy atom. The molecule has 0 amide bonds. The van der Waals surface area contributed by atoms with Gasteiger partial charge >= 0.3 is 6.18 Å². The Morgan fingerprint density at radius 3 is 2.40 bits per heavy atom. The van der Waals surface area contributed by atoms with Crippen LogP contribution in [0.2, 0.25) is 0 Å². The molecule has 7 heteroatoms. The van der Waals surface area contributed by atoms with Gasteiger partial charge in [-0.3, -0.25) is 4.79 Å². The summed E-state index contributed by atoms with van der Waals surface area (Å²) in [7, 11) is 0. The van der Waals surface area contributed by atoms with Crippen LogP contribution in [0, 0.1) is 11.3 Å². The molecule has 4 nitrogen and oxygen atoms in total. The van der Waals surface area contributed by atoms with Gasteiger partial charge in [-0.1, -0.05) is 12.1 Å². The van der Waals surface area contributed by atoms with Crippen LogP contribution in [0.4, 0.5) is 13.2 Å². The number of Topliss-reactive ketones (excluding diaryl/α,β-unsaturated/α-hetero) is 1. The molecule has 126 valence electrons. The summed E-state index contributed by atoms with van der Waals surface area (Å²) >= 11 is 0. The summed E-state index contributed by atoms with van der Waals surface area (Å²) in [4.78, 5) is 12.4.